The summed E-state index contributed by atoms with van der Waals surface area (Å²) in [7, 11) is 0. The number of hydroxylamine groups is 1. The molecular weight excluding hydrogens is 283 g/mol. The lowest BCUT2D eigenvalue weighted by atomic mass is 10.2. The highest BCUT2D eigenvalue weighted by Gasteiger charge is 2.10. The molecule has 0 spiro atoms. The molecule has 0 aliphatic carbocycles. The highest BCUT2D eigenvalue weighted by atomic mass is 79.9. The van der Waals surface area contributed by atoms with Gasteiger partial charge in [0, 0.05) is 4.47 Å². The molecule has 0 bridgehead atoms. The zero-order valence-electron chi connectivity index (χ0n) is 8.00. The van der Waals surface area contributed by atoms with Crippen LogP contribution in [-0.4, -0.2) is 18.4 Å². The van der Waals surface area contributed by atoms with Crippen molar-refractivity contribution in [1.29, 1.82) is 0 Å². The Hall–Kier alpha value is -1.47. The first kappa shape index (κ1) is 12.6. The van der Waals surface area contributed by atoms with E-state index >= 15 is 0 Å². The first-order valence-electron chi connectivity index (χ1n) is 4.16. The monoisotopic (exact) mass is 290 g/mol. The van der Waals surface area contributed by atoms with Crippen LogP contribution in [0.25, 0.3) is 0 Å². The Kier molecular flexibility index (Phi) is 4.39. The summed E-state index contributed by atoms with van der Waals surface area (Å²) in [5.41, 5.74) is 6.98. The van der Waals surface area contributed by atoms with Gasteiger partial charge in [0.05, 0.1) is 5.56 Å². The van der Waals surface area contributed by atoms with Gasteiger partial charge in [0.25, 0.3) is 5.91 Å². The molecule has 2 amide bonds. The Bertz CT molecular complexity index is 425. The summed E-state index contributed by atoms with van der Waals surface area (Å²) < 4.78 is 13.0. The molecule has 1 aromatic rings. The minimum Gasteiger partial charge on any atom is -0.368 e. The summed E-state index contributed by atoms with van der Waals surface area (Å²) in [5, 5.41) is 0. The van der Waals surface area contributed by atoms with E-state index in [1.54, 1.807) is 0 Å². The molecule has 5 nitrogen and oxygen atoms in total. The molecule has 0 fully saturated rings. The van der Waals surface area contributed by atoms with Crippen molar-refractivity contribution in [3.05, 3.63) is 34.1 Å². The van der Waals surface area contributed by atoms with Crippen LogP contribution in [0.3, 0.4) is 0 Å². The van der Waals surface area contributed by atoms with Crippen molar-refractivity contribution in [1.82, 2.24) is 5.48 Å². The Balaban J connectivity index is 2.63. The average Bonchev–Trinajstić information content (AvgIpc) is 2.16. The summed E-state index contributed by atoms with van der Waals surface area (Å²) in [6.45, 7) is -0.426. The number of primary amides is 1. The fourth-order valence-corrected chi connectivity index (χ4v) is 1.43. The van der Waals surface area contributed by atoms with Gasteiger partial charge in [-0.25, -0.2) is 9.87 Å². The maximum atomic E-state index is 12.7. The standard InChI is InChI=1S/C9H8BrFN2O3/c10-7-3-5(11)1-2-6(7)9(15)13-16-4-8(12)14/h1-3H,4H2,(H2,12,14)(H,13,15). The lowest BCUT2D eigenvalue weighted by molar-refractivity contribution is -0.124. The smallest absolute Gasteiger partial charge is 0.276 e. The van der Waals surface area contributed by atoms with Crippen LogP contribution in [0.5, 0.6) is 0 Å². The molecule has 3 N–H and O–H groups in total. The van der Waals surface area contributed by atoms with E-state index < -0.39 is 24.2 Å². The minimum absolute atomic E-state index is 0.186. The third-order valence-electron chi connectivity index (χ3n) is 1.56. The number of nitrogens with one attached hydrogen (secondary N) is 1. The van der Waals surface area contributed by atoms with Crippen molar-refractivity contribution < 1.29 is 18.8 Å². The third-order valence-corrected chi connectivity index (χ3v) is 2.21. The molecule has 1 aromatic carbocycles. The Morgan fingerprint density at radius 1 is 1.50 bits per heavy atom. The van der Waals surface area contributed by atoms with Gasteiger partial charge in [-0.15, -0.1) is 0 Å². The largest absolute Gasteiger partial charge is 0.368 e. The van der Waals surface area contributed by atoms with Gasteiger partial charge in [-0.2, -0.15) is 0 Å². The number of amides is 2. The molecule has 0 atom stereocenters. The Morgan fingerprint density at radius 3 is 2.75 bits per heavy atom. The summed E-state index contributed by atoms with van der Waals surface area (Å²) in [4.78, 5) is 26.2. The Labute approximate surface area is 98.8 Å². The second-order valence-electron chi connectivity index (χ2n) is 2.81. The lowest BCUT2D eigenvalue weighted by Gasteiger charge is -2.05. The van der Waals surface area contributed by atoms with Crippen molar-refractivity contribution in [3.63, 3.8) is 0 Å². The molecule has 0 saturated carbocycles. The quantitative estimate of drug-likeness (QED) is 0.803. The number of hydrogen-bond donors (Lipinski definition) is 2. The van der Waals surface area contributed by atoms with E-state index in [1.807, 2.05) is 5.48 Å². The number of rotatable bonds is 4. The van der Waals surface area contributed by atoms with Crippen LogP contribution in [0.2, 0.25) is 0 Å². The SMILES string of the molecule is NC(=O)CONC(=O)c1ccc(F)cc1Br. The second kappa shape index (κ2) is 5.57. The third kappa shape index (κ3) is 3.59. The van der Waals surface area contributed by atoms with Gasteiger partial charge in [0.2, 0.25) is 5.91 Å². The predicted molar refractivity (Wildman–Crippen MR) is 56.7 cm³/mol. The van der Waals surface area contributed by atoms with Gasteiger partial charge in [-0.05, 0) is 34.1 Å². The zero-order chi connectivity index (χ0) is 12.1. The number of nitrogens with two attached hydrogens (primary N) is 1. The van der Waals surface area contributed by atoms with Gasteiger partial charge in [0.1, 0.15) is 5.82 Å². The van der Waals surface area contributed by atoms with Crippen molar-refractivity contribution in [2.75, 3.05) is 6.61 Å². The molecule has 0 aliphatic rings. The molecule has 1 rings (SSSR count). The maximum Gasteiger partial charge on any atom is 0.276 e. The highest BCUT2D eigenvalue weighted by Crippen LogP contribution is 2.17. The number of halogens is 2. The van der Waals surface area contributed by atoms with E-state index in [9.17, 15) is 14.0 Å². The van der Waals surface area contributed by atoms with Gasteiger partial charge in [-0.1, -0.05) is 0 Å². The fourth-order valence-electron chi connectivity index (χ4n) is 0.901. The summed E-state index contributed by atoms with van der Waals surface area (Å²) >= 11 is 3.02. The van der Waals surface area contributed by atoms with E-state index in [0.717, 1.165) is 12.1 Å². The van der Waals surface area contributed by atoms with Crippen LogP contribution in [0.15, 0.2) is 22.7 Å². The van der Waals surface area contributed by atoms with Gasteiger partial charge >= 0.3 is 0 Å². The first-order chi connectivity index (χ1) is 7.50. The summed E-state index contributed by atoms with van der Waals surface area (Å²) in [5.74, 6) is -1.78. The highest BCUT2D eigenvalue weighted by molar-refractivity contribution is 9.10. The molecule has 0 unspecified atom stereocenters. The van der Waals surface area contributed by atoms with Gasteiger partial charge in [-0.3, -0.25) is 14.4 Å². The molecule has 0 saturated heterocycles. The molecule has 0 aliphatic heterocycles. The molecule has 86 valence electrons. The van der Waals surface area contributed by atoms with E-state index in [-0.39, 0.29) is 10.0 Å². The average molecular weight is 291 g/mol. The summed E-state index contributed by atoms with van der Waals surface area (Å²) in [6.07, 6.45) is 0. The normalized spacial score (nSPS) is 9.88. The minimum atomic E-state index is -0.710. The number of carbonyl (C=O) groups is 2. The first-order valence-corrected chi connectivity index (χ1v) is 4.95. The van der Waals surface area contributed by atoms with E-state index in [4.69, 9.17) is 5.73 Å². The molecular formula is C9H8BrFN2O3. The van der Waals surface area contributed by atoms with Crippen LogP contribution in [0.4, 0.5) is 4.39 Å². The number of benzene rings is 1. The molecule has 0 aromatic heterocycles. The van der Waals surface area contributed by atoms with Crippen LogP contribution in [0.1, 0.15) is 10.4 Å². The van der Waals surface area contributed by atoms with Crippen LogP contribution in [-0.2, 0) is 9.63 Å². The molecule has 0 heterocycles. The van der Waals surface area contributed by atoms with Crippen molar-refractivity contribution >= 4 is 27.7 Å². The lowest BCUT2D eigenvalue weighted by Crippen LogP contribution is -2.29. The van der Waals surface area contributed by atoms with Crippen molar-refractivity contribution in [2.24, 2.45) is 5.73 Å². The van der Waals surface area contributed by atoms with Gasteiger partial charge < -0.3 is 5.73 Å². The van der Waals surface area contributed by atoms with Crippen molar-refractivity contribution in [3.8, 4) is 0 Å². The van der Waals surface area contributed by atoms with Crippen LogP contribution in [0, 0.1) is 5.82 Å². The zero-order valence-corrected chi connectivity index (χ0v) is 9.58. The molecule has 0 radical (unpaired) electrons. The molecule has 7 heteroatoms. The topological polar surface area (TPSA) is 81.4 Å². The van der Waals surface area contributed by atoms with E-state index in [1.165, 1.54) is 6.07 Å². The fraction of sp³-hybridized carbons (Fsp3) is 0.111. The van der Waals surface area contributed by atoms with E-state index in [2.05, 4.69) is 20.8 Å². The van der Waals surface area contributed by atoms with E-state index in [0.29, 0.717) is 0 Å². The molecule has 16 heavy (non-hydrogen) atoms. The predicted octanol–water partition coefficient (Wildman–Crippen LogP) is 0.735. The van der Waals surface area contributed by atoms with Crippen LogP contribution >= 0.6 is 15.9 Å². The number of hydrogen-bond acceptors (Lipinski definition) is 3. The Morgan fingerprint density at radius 2 is 2.19 bits per heavy atom. The van der Waals surface area contributed by atoms with Crippen molar-refractivity contribution in [2.45, 2.75) is 0 Å². The summed E-state index contributed by atoms with van der Waals surface area (Å²) in [6, 6.07) is 3.55. The number of carbonyl (C=O) groups excluding carboxylic acids is 2. The van der Waals surface area contributed by atoms with Gasteiger partial charge in [0.15, 0.2) is 6.61 Å². The second-order valence-corrected chi connectivity index (χ2v) is 3.66. The van der Waals surface area contributed by atoms with Crippen LogP contribution < -0.4 is 11.2 Å². The maximum absolute atomic E-state index is 12.7.